The Bertz CT molecular complexity index is 422. The second-order valence-electron chi connectivity index (χ2n) is 4.73. The zero-order valence-corrected chi connectivity index (χ0v) is 10.1. The van der Waals surface area contributed by atoms with Gasteiger partial charge < -0.3 is 10.4 Å². The lowest BCUT2D eigenvalue weighted by molar-refractivity contribution is -0.142. The van der Waals surface area contributed by atoms with Crippen molar-refractivity contribution in [2.75, 3.05) is 0 Å². The molecule has 18 heavy (non-hydrogen) atoms. The first kappa shape index (κ1) is 12.6. The molecular formula is C14H17NO3. The fourth-order valence-electron chi connectivity index (χ4n) is 2.34. The standard InChI is InChI=1S/C14H17NO3/c16-13(10-4-2-1-3-5-10)15-12-8-6-11(7-9-12)14(17)18/h1-5,11-12H,6-9H2,(H,15,16)(H,17,18)/t11-,12+. The fraction of sp³-hybridized carbons (Fsp3) is 0.429. The molecule has 0 atom stereocenters. The summed E-state index contributed by atoms with van der Waals surface area (Å²) in [4.78, 5) is 22.7. The van der Waals surface area contributed by atoms with Crippen molar-refractivity contribution in [3.05, 3.63) is 35.9 Å². The molecule has 0 aliphatic heterocycles. The molecule has 96 valence electrons. The molecule has 1 aliphatic carbocycles. The summed E-state index contributed by atoms with van der Waals surface area (Å²) >= 11 is 0. The molecule has 0 heterocycles. The van der Waals surface area contributed by atoms with Crippen LogP contribution in [0.3, 0.4) is 0 Å². The Morgan fingerprint density at radius 2 is 1.67 bits per heavy atom. The van der Waals surface area contributed by atoms with Crippen molar-refractivity contribution in [1.29, 1.82) is 0 Å². The molecule has 0 bridgehead atoms. The lowest BCUT2D eigenvalue weighted by atomic mass is 9.86. The largest absolute Gasteiger partial charge is 0.481 e. The summed E-state index contributed by atoms with van der Waals surface area (Å²) in [5.41, 5.74) is 0.651. The van der Waals surface area contributed by atoms with Crippen molar-refractivity contribution < 1.29 is 14.7 Å². The number of carbonyl (C=O) groups excluding carboxylic acids is 1. The monoisotopic (exact) mass is 247 g/mol. The van der Waals surface area contributed by atoms with E-state index in [1.54, 1.807) is 12.1 Å². The van der Waals surface area contributed by atoms with Gasteiger partial charge in [0, 0.05) is 11.6 Å². The van der Waals surface area contributed by atoms with Crippen LogP contribution in [0.25, 0.3) is 0 Å². The summed E-state index contributed by atoms with van der Waals surface area (Å²) in [7, 11) is 0. The second-order valence-corrected chi connectivity index (χ2v) is 4.73. The SMILES string of the molecule is O=C(N[C@H]1CC[C@@H](C(=O)O)CC1)c1ccccc1. The Morgan fingerprint density at radius 3 is 2.22 bits per heavy atom. The van der Waals surface area contributed by atoms with E-state index in [1.165, 1.54) is 0 Å². The third-order valence-electron chi connectivity index (χ3n) is 3.45. The molecule has 4 heteroatoms. The number of rotatable bonds is 3. The van der Waals surface area contributed by atoms with E-state index >= 15 is 0 Å². The highest BCUT2D eigenvalue weighted by molar-refractivity contribution is 5.94. The van der Waals surface area contributed by atoms with Crippen LogP contribution in [0.5, 0.6) is 0 Å². The van der Waals surface area contributed by atoms with Gasteiger partial charge in [-0.15, -0.1) is 0 Å². The fourth-order valence-corrected chi connectivity index (χ4v) is 2.34. The van der Waals surface area contributed by atoms with Gasteiger partial charge in [-0.25, -0.2) is 0 Å². The van der Waals surface area contributed by atoms with Crippen molar-refractivity contribution in [2.45, 2.75) is 31.7 Å². The Morgan fingerprint density at radius 1 is 1.06 bits per heavy atom. The topological polar surface area (TPSA) is 66.4 Å². The first-order valence-electron chi connectivity index (χ1n) is 6.25. The number of nitrogens with one attached hydrogen (secondary N) is 1. The number of hydrogen-bond donors (Lipinski definition) is 2. The number of benzene rings is 1. The predicted octanol–water partition coefficient (Wildman–Crippen LogP) is 2.06. The predicted molar refractivity (Wildman–Crippen MR) is 67.3 cm³/mol. The lowest BCUT2D eigenvalue weighted by Crippen LogP contribution is -2.38. The Hall–Kier alpha value is -1.84. The molecule has 1 fully saturated rings. The second kappa shape index (κ2) is 5.67. The van der Waals surface area contributed by atoms with E-state index < -0.39 is 5.97 Å². The minimum Gasteiger partial charge on any atom is -0.481 e. The molecule has 2 N–H and O–H groups in total. The normalized spacial score (nSPS) is 23.3. The van der Waals surface area contributed by atoms with Gasteiger partial charge in [-0.05, 0) is 37.8 Å². The first-order valence-corrected chi connectivity index (χ1v) is 6.25. The van der Waals surface area contributed by atoms with Crippen LogP contribution in [0.2, 0.25) is 0 Å². The number of amides is 1. The highest BCUT2D eigenvalue weighted by Gasteiger charge is 2.26. The number of aliphatic carboxylic acids is 1. The zero-order valence-electron chi connectivity index (χ0n) is 10.1. The molecule has 1 aliphatic rings. The molecule has 0 radical (unpaired) electrons. The molecule has 0 spiro atoms. The summed E-state index contributed by atoms with van der Waals surface area (Å²) in [5.74, 6) is -1.04. The van der Waals surface area contributed by atoms with Crippen molar-refractivity contribution >= 4 is 11.9 Å². The van der Waals surface area contributed by atoms with E-state index in [4.69, 9.17) is 5.11 Å². The van der Waals surface area contributed by atoms with Crippen LogP contribution in [0, 0.1) is 5.92 Å². The minimum atomic E-state index is -0.720. The van der Waals surface area contributed by atoms with Gasteiger partial charge in [-0.2, -0.15) is 0 Å². The summed E-state index contributed by atoms with van der Waals surface area (Å²) in [6, 6.07) is 9.19. The van der Waals surface area contributed by atoms with Crippen LogP contribution in [-0.4, -0.2) is 23.0 Å². The van der Waals surface area contributed by atoms with Crippen LogP contribution in [-0.2, 0) is 4.79 Å². The summed E-state index contributed by atoms with van der Waals surface area (Å²) in [5, 5.41) is 11.9. The van der Waals surface area contributed by atoms with E-state index in [0.717, 1.165) is 12.8 Å². The van der Waals surface area contributed by atoms with Gasteiger partial charge in [-0.3, -0.25) is 9.59 Å². The van der Waals surface area contributed by atoms with Crippen LogP contribution in [0.4, 0.5) is 0 Å². The summed E-state index contributed by atoms with van der Waals surface area (Å²) in [6.45, 7) is 0. The number of hydrogen-bond acceptors (Lipinski definition) is 2. The Kier molecular flexibility index (Phi) is 3.97. The van der Waals surface area contributed by atoms with Crippen LogP contribution < -0.4 is 5.32 Å². The molecule has 0 saturated heterocycles. The third-order valence-corrected chi connectivity index (χ3v) is 3.45. The van der Waals surface area contributed by atoms with Crippen LogP contribution in [0.1, 0.15) is 36.0 Å². The molecular weight excluding hydrogens is 230 g/mol. The number of carboxylic acids is 1. The van der Waals surface area contributed by atoms with Gasteiger partial charge in [0.1, 0.15) is 0 Å². The van der Waals surface area contributed by atoms with Crippen molar-refractivity contribution in [2.24, 2.45) is 5.92 Å². The molecule has 1 aromatic carbocycles. The molecule has 2 rings (SSSR count). The van der Waals surface area contributed by atoms with Crippen LogP contribution in [0.15, 0.2) is 30.3 Å². The maximum atomic E-state index is 11.9. The maximum absolute atomic E-state index is 11.9. The molecule has 1 saturated carbocycles. The smallest absolute Gasteiger partial charge is 0.306 e. The first-order chi connectivity index (χ1) is 8.66. The van der Waals surface area contributed by atoms with Crippen LogP contribution >= 0.6 is 0 Å². The van der Waals surface area contributed by atoms with E-state index in [-0.39, 0.29) is 17.9 Å². The van der Waals surface area contributed by atoms with Gasteiger partial charge in [0.15, 0.2) is 0 Å². The lowest BCUT2D eigenvalue weighted by Gasteiger charge is -2.26. The number of carboxylic acid groups (broad SMARTS) is 1. The average molecular weight is 247 g/mol. The maximum Gasteiger partial charge on any atom is 0.306 e. The highest BCUT2D eigenvalue weighted by Crippen LogP contribution is 2.24. The molecule has 0 unspecified atom stereocenters. The minimum absolute atomic E-state index is 0.0747. The van der Waals surface area contributed by atoms with E-state index in [2.05, 4.69) is 5.32 Å². The quantitative estimate of drug-likeness (QED) is 0.859. The van der Waals surface area contributed by atoms with Gasteiger partial charge in [0.2, 0.25) is 0 Å². The molecule has 1 amide bonds. The van der Waals surface area contributed by atoms with Gasteiger partial charge in [-0.1, -0.05) is 18.2 Å². The van der Waals surface area contributed by atoms with Crippen molar-refractivity contribution in [1.82, 2.24) is 5.32 Å². The van der Waals surface area contributed by atoms with E-state index in [0.29, 0.717) is 18.4 Å². The number of carbonyl (C=O) groups is 2. The summed E-state index contributed by atoms with van der Waals surface area (Å²) < 4.78 is 0. The Labute approximate surface area is 106 Å². The Balaban J connectivity index is 1.85. The molecule has 4 nitrogen and oxygen atoms in total. The van der Waals surface area contributed by atoms with Gasteiger partial charge in [0.05, 0.1) is 5.92 Å². The van der Waals surface area contributed by atoms with Crippen molar-refractivity contribution in [3.8, 4) is 0 Å². The third kappa shape index (κ3) is 3.09. The molecule has 0 aromatic heterocycles. The molecule has 1 aromatic rings. The van der Waals surface area contributed by atoms with Gasteiger partial charge >= 0.3 is 5.97 Å². The zero-order chi connectivity index (χ0) is 13.0. The van der Waals surface area contributed by atoms with E-state index in [1.807, 2.05) is 18.2 Å². The average Bonchev–Trinajstić information content (AvgIpc) is 2.40. The van der Waals surface area contributed by atoms with Gasteiger partial charge in [0.25, 0.3) is 5.91 Å². The van der Waals surface area contributed by atoms with Crippen molar-refractivity contribution in [3.63, 3.8) is 0 Å². The highest BCUT2D eigenvalue weighted by atomic mass is 16.4. The van der Waals surface area contributed by atoms with E-state index in [9.17, 15) is 9.59 Å². The summed E-state index contributed by atoms with van der Waals surface area (Å²) in [6.07, 6.45) is 2.79.